The van der Waals surface area contributed by atoms with Crippen LogP contribution in [0.5, 0.6) is 0 Å². The maximum Gasteiger partial charge on any atom is 0.132 e. The molecule has 1 unspecified atom stereocenters. The summed E-state index contributed by atoms with van der Waals surface area (Å²) in [6, 6.07) is 6.59. The second-order valence-corrected chi connectivity index (χ2v) is 5.80. The first-order chi connectivity index (χ1) is 9.71. The van der Waals surface area contributed by atoms with E-state index in [4.69, 9.17) is 0 Å². The van der Waals surface area contributed by atoms with Crippen LogP contribution < -0.4 is 10.6 Å². The van der Waals surface area contributed by atoms with Gasteiger partial charge in [-0.25, -0.2) is 9.97 Å². The van der Waals surface area contributed by atoms with Crippen molar-refractivity contribution in [1.82, 2.24) is 9.97 Å². The first kappa shape index (κ1) is 14.8. The normalized spacial score (nSPS) is 12.2. The lowest BCUT2D eigenvalue weighted by molar-refractivity contribution is 0.789. The third kappa shape index (κ3) is 4.20. The van der Waals surface area contributed by atoms with E-state index in [1.165, 1.54) is 4.88 Å². The molecule has 2 N–H and O–H groups in total. The van der Waals surface area contributed by atoms with E-state index < -0.39 is 0 Å². The highest BCUT2D eigenvalue weighted by Gasteiger charge is 2.08. The second-order valence-electron chi connectivity index (χ2n) is 4.77. The number of hydrogen-bond acceptors (Lipinski definition) is 5. The van der Waals surface area contributed by atoms with Crippen LogP contribution in [0.25, 0.3) is 0 Å². The van der Waals surface area contributed by atoms with Crippen molar-refractivity contribution in [2.45, 2.75) is 39.7 Å². The largest absolute Gasteiger partial charge is 0.370 e. The van der Waals surface area contributed by atoms with Crippen LogP contribution in [0.1, 0.15) is 31.5 Å². The van der Waals surface area contributed by atoms with Gasteiger partial charge >= 0.3 is 0 Å². The first-order valence-electron chi connectivity index (χ1n) is 7.12. The third-order valence-electron chi connectivity index (χ3n) is 2.93. The van der Waals surface area contributed by atoms with Gasteiger partial charge in [-0.05, 0) is 25.3 Å². The zero-order valence-corrected chi connectivity index (χ0v) is 13.1. The fourth-order valence-corrected chi connectivity index (χ4v) is 2.87. The third-order valence-corrected chi connectivity index (χ3v) is 3.83. The average molecular weight is 290 g/mol. The summed E-state index contributed by atoms with van der Waals surface area (Å²) in [4.78, 5) is 10.4. The van der Waals surface area contributed by atoms with Gasteiger partial charge in [0.05, 0.1) is 0 Å². The topological polar surface area (TPSA) is 49.8 Å². The van der Waals surface area contributed by atoms with Gasteiger partial charge in [-0.15, -0.1) is 11.3 Å². The number of rotatable bonds is 7. The van der Waals surface area contributed by atoms with E-state index in [2.05, 4.69) is 58.9 Å². The minimum absolute atomic E-state index is 0.350. The Bertz CT molecular complexity index is 525. The molecule has 108 valence electrons. The fourth-order valence-electron chi connectivity index (χ4n) is 2.03. The van der Waals surface area contributed by atoms with Gasteiger partial charge in [0.1, 0.15) is 17.5 Å². The maximum atomic E-state index is 4.54. The van der Waals surface area contributed by atoms with Crippen molar-refractivity contribution in [3.63, 3.8) is 0 Å². The van der Waals surface area contributed by atoms with Crippen LogP contribution in [0.3, 0.4) is 0 Å². The van der Waals surface area contributed by atoms with Crippen molar-refractivity contribution in [1.29, 1.82) is 0 Å². The van der Waals surface area contributed by atoms with Gasteiger partial charge in [0.2, 0.25) is 0 Å². The molecule has 5 heteroatoms. The molecule has 0 fully saturated rings. The van der Waals surface area contributed by atoms with Crippen molar-refractivity contribution < 1.29 is 0 Å². The number of aryl methyl sites for hydroxylation is 1. The summed E-state index contributed by atoms with van der Waals surface area (Å²) in [5, 5.41) is 8.84. The smallest absolute Gasteiger partial charge is 0.132 e. The molecule has 0 aliphatic rings. The molecule has 2 aromatic heterocycles. The van der Waals surface area contributed by atoms with E-state index in [-0.39, 0.29) is 0 Å². The Kier molecular flexibility index (Phi) is 5.35. The highest BCUT2D eigenvalue weighted by Crippen LogP contribution is 2.16. The van der Waals surface area contributed by atoms with E-state index in [9.17, 15) is 0 Å². The minimum Gasteiger partial charge on any atom is -0.370 e. The molecule has 0 aliphatic carbocycles. The quantitative estimate of drug-likeness (QED) is 0.818. The average Bonchev–Trinajstić information content (AvgIpc) is 2.91. The summed E-state index contributed by atoms with van der Waals surface area (Å²) in [5.41, 5.74) is 0. The summed E-state index contributed by atoms with van der Waals surface area (Å²) in [6.45, 7) is 7.19. The molecule has 1 atom stereocenters. The second kappa shape index (κ2) is 7.24. The minimum atomic E-state index is 0.350. The van der Waals surface area contributed by atoms with Crippen molar-refractivity contribution in [3.8, 4) is 0 Å². The molecule has 0 bridgehead atoms. The molecule has 0 radical (unpaired) electrons. The molecule has 0 spiro atoms. The van der Waals surface area contributed by atoms with Crippen LogP contribution in [-0.4, -0.2) is 22.6 Å². The Balaban J connectivity index is 2.05. The Morgan fingerprint density at radius 3 is 2.70 bits per heavy atom. The van der Waals surface area contributed by atoms with Crippen LogP contribution in [0.15, 0.2) is 23.6 Å². The van der Waals surface area contributed by atoms with Crippen LogP contribution in [-0.2, 0) is 12.8 Å². The lowest BCUT2D eigenvalue weighted by Crippen LogP contribution is -2.19. The van der Waals surface area contributed by atoms with Crippen molar-refractivity contribution in [3.05, 3.63) is 34.3 Å². The van der Waals surface area contributed by atoms with Gasteiger partial charge < -0.3 is 10.6 Å². The van der Waals surface area contributed by atoms with Crippen molar-refractivity contribution in [2.75, 3.05) is 17.2 Å². The molecule has 0 aliphatic heterocycles. The molecule has 4 nitrogen and oxygen atoms in total. The molecule has 0 amide bonds. The molecular formula is C15H22N4S. The molecular weight excluding hydrogens is 268 g/mol. The fraction of sp³-hybridized carbons (Fsp3) is 0.467. The number of anilines is 2. The van der Waals surface area contributed by atoms with E-state index in [0.29, 0.717) is 6.04 Å². The van der Waals surface area contributed by atoms with E-state index >= 15 is 0 Å². The Morgan fingerprint density at radius 2 is 2.05 bits per heavy atom. The maximum absolute atomic E-state index is 4.54. The molecule has 20 heavy (non-hydrogen) atoms. The zero-order valence-electron chi connectivity index (χ0n) is 12.3. The van der Waals surface area contributed by atoms with Crippen molar-refractivity contribution in [2.24, 2.45) is 0 Å². The van der Waals surface area contributed by atoms with Gasteiger partial charge in [-0.3, -0.25) is 0 Å². The number of nitrogens with one attached hydrogen (secondary N) is 2. The Labute approximate surface area is 124 Å². The molecule has 0 saturated heterocycles. The molecule has 0 saturated carbocycles. The predicted molar refractivity (Wildman–Crippen MR) is 86.7 cm³/mol. The summed E-state index contributed by atoms with van der Waals surface area (Å²) in [7, 11) is 0. The molecule has 0 aromatic carbocycles. The highest BCUT2D eigenvalue weighted by atomic mass is 32.1. The van der Waals surface area contributed by atoms with E-state index in [0.717, 1.165) is 36.8 Å². The number of aromatic nitrogens is 2. The SMILES string of the molecule is CCNc1cc(NC(C)Cc2cccs2)nc(CC)n1. The summed E-state index contributed by atoms with van der Waals surface area (Å²) < 4.78 is 0. The van der Waals surface area contributed by atoms with Crippen LogP contribution in [0.4, 0.5) is 11.6 Å². The lowest BCUT2D eigenvalue weighted by Gasteiger charge is -2.15. The summed E-state index contributed by atoms with van der Waals surface area (Å²) >= 11 is 1.80. The van der Waals surface area contributed by atoms with Gasteiger partial charge in [0.25, 0.3) is 0 Å². The van der Waals surface area contributed by atoms with Gasteiger partial charge in [0.15, 0.2) is 0 Å². The number of thiophene rings is 1. The molecule has 2 rings (SSSR count). The van der Waals surface area contributed by atoms with Gasteiger partial charge in [-0.1, -0.05) is 13.0 Å². The standard InChI is InChI=1S/C15H22N4S/c1-4-13-18-14(16-5-2)10-15(19-13)17-11(3)9-12-7-6-8-20-12/h6-8,10-11H,4-5,9H2,1-3H3,(H2,16,17,18,19). The van der Waals surface area contributed by atoms with Crippen LogP contribution in [0.2, 0.25) is 0 Å². The Hall–Kier alpha value is -1.62. The summed E-state index contributed by atoms with van der Waals surface area (Å²) in [6.07, 6.45) is 1.85. The lowest BCUT2D eigenvalue weighted by atomic mass is 10.2. The number of nitrogens with zero attached hydrogens (tertiary/aromatic N) is 2. The summed E-state index contributed by atoms with van der Waals surface area (Å²) in [5.74, 6) is 2.66. The van der Waals surface area contributed by atoms with E-state index in [1.54, 1.807) is 11.3 Å². The first-order valence-corrected chi connectivity index (χ1v) is 8.00. The highest BCUT2D eigenvalue weighted by molar-refractivity contribution is 7.09. The van der Waals surface area contributed by atoms with Crippen LogP contribution >= 0.6 is 11.3 Å². The molecule has 2 aromatic rings. The van der Waals surface area contributed by atoms with Crippen molar-refractivity contribution >= 4 is 23.0 Å². The number of hydrogen-bond donors (Lipinski definition) is 2. The molecule has 2 heterocycles. The van der Waals surface area contributed by atoms with Gasteiger partial charge in [-0.2, -0.15) is 0 Å². The monoisotopic (exact) mass is 290 g/mol. The van der Waals surface area contributed by atoms with Gasteiger partial charge in [0, 0.05) is 36.4 Å². The van der Waals surface area contributed by atoms with Crippen LogP contribution in [0, 0.1) is 0 Å². The zero-order chi connectivity index (χ0) is 14.4. The van der Waals surface area contributed by atoms with E-state index in [1.807, 2.05) is 6.07 Å². The Morgan fingerprint density at radius 1 is 1.25 bits per heavy atom. The predicted octanol–water partition coefficient (Wildman–Crippen LogP) is 3.58.